The minimum atomic E-state index is -0.855. The van der Waals surface area contributed by atoms with Gasteiger partial charge >= 0.3 is 6.09 Å². The predicted octanol–water partition coefficient (Wildman–Crippen LogP) is 3.35. The third-order valence-corrected chi connectivity index (χ3v) is 3.91. The van der Waals surface area contributed by atoms with Gasteiger partial charge in [-0.15, -0.1) is 0 Å². The SMILES string of the molecule is CC(C)(C)c1c(OC(N)=O)cccc1-c1ccnc2[nH]c(=O)ccc12. The number of H-pyrrole nitrogens is 1. The lowest BCUT2D eigenvalue weighted by Gasteiger charge is -2.26. The smallest absolute Gasteiger partial charge is 0.409 e. The predicted molar refractivity (Wildman–Crippen MR) is 96.7 cm³/mol. The highest BCUT2D eigenvalue weighted by atomic mass is 16.5. The number of primary amides is 1. The number of rotatable bonds is 2. The Balaban J connectivity index is 2.35. The summed E-state index contributed by atoms with van der Waals surface area (Å²) in [5.74, 6) is 0.423. The fraction of sp³-hybridized carbons (Fsp3) is 0.211. The standard InChI is InChI=1S/C19H19N3O3/c1-19(2,3)16-12(5-4-6-14(16)25-18(20)24)11-9-10-21-17-13(11)7-8-15(23)22-17/h4-10H,1-3H3,(H2,20,24)(H,21,22,23). The van der Waals surface area contributed by atoms with E-state index in [1.807, 2.05) is 32.9 Å². The molecule has 3 aromatic rings. The Morgan fingerprint density at radius 1 is 1.12 bits per heavy atom. The van der Waals surface area contributed by atoms with Crippen molar-refractivity contribution in [3.05, 3.63) is 58.5 Å². The number of amides is 1. The van der Waals surface area contributed by atoms with Gasteiger partial charge in [-0.05, 0) is 34.7 Å². The molecule has 3 rings (SSSR count). The number of carbonyl (C=O) groups excluding carboxylic acids is 1. The molecule has 2 aromatic heterocycles. The number of carbonyl (C=O) groups is 1. The Bertz CT molecular complexity index is 1020. The second kappa shape index (κ2) is 6.05. The first-order valence-corrected chi connectivity index (χ1v) is 7.86. The number of pyridine rings is 2. The summed E-state index contributed by atoms with van der Waals surface area (Å²) in [5.41, 5.74) is 7.85. The van der Waals surface area contributed by atoms with E-state index in [0.717, 1.165) is 22.1 Å². The summed E-state index contributed by atoms with van der Waals surface area (Å²) in [6.07, 6.45) is 0.786. The first kappa shape index (κ1) is 16.7. The van der Waals surface area contributed by atoms with Crippen molar-refractivity contribution in [3.63, 3.8) is 0 Å². The van der Waals surface area contributed by atoms with Gasteiger partial charge in [0.15, 0.2) is 0 Å². The van der Waals surface area contributed by atoms with Crippen LogP contribution in [0.15, 0.2) is 47.4 Å². The highest BCUT2D eigenvalue weighted by Crippen LogP contribution is 2.41. The molecule has 0 spiro atoms. The van der Waals surface area contributed by atoms with E-state index < -0.39 is 6.09 Å². The molecule has 25 heavy (non-hydrogen) atoms. The Morgan fingerprint density at radius 2 is 1.88 bits per heavy atom. The fourth-order valence-corrected chi connectivity index (χ4v) is 3.02. The lowest BCUT2D eigenvalue weighted by molar-refractivity contribution is 0.210. The van der Waals surface area contributed by atoms with Crippen molar-refractivity contribution >= 4 is 17.1 Å². The van der Waals surface area contributed by atoms with Gasteiger partial charge in [0.2, 0.25) is 5.56 Å². The van der Waals surface area contributed by atoms with Crippen LogP contribution >= 0.6 is 0 Å². The molecule has 128 valence electrons. The molecule has 0 atom stereocenters. The van der Waals surface area contributed by atoms with Gasteiger partial charge in [-0.1, -0.05) is 32.9 Å². The average molecular weight is 337 g/mol. The largest absolute Gasteiger partial charge is 0.410 e. The van der Waals surface area contributed by atoms with E-state index >= 15 is 0 Å². The number of fused-ring (bicyclic) bond motifs is 1. The van der Waals surface area contributed by atoms with Crippen LogP contribution in [-0.4, -0.2) is 16.1 Å². The van der Waals surface area contributed by atoms with Crippen molar-refractivity contribution < 1.29 is 9.53 Å². The van der Waals surface area contributed by atoms with Gasteiger partial charge < -0.3 is 15.5 Å². The highest BCUT2D eigenvalue weighted by molar-refractivity contribution is 5.94. The molecule has 1 aromatic carbocycles. The van der Waals surface area contributed by atoms with Crippen LogP contribution in [0.1, 0.15) is 26.3 Å². The van der Waals surface area contributed by atoms with Crippen molar-refractivity contribution in [3.8, 4) is 16.9 Å². The van der Waals surface area contributed by atoms with E-state index in [0.29, 0.717) is 11.4 Å². The number of nitrogens with one attached hydrogen (secondary N) is 1. The van der Waals surface area contributed by atoms with Gasteiger partial charge in [0, 0.05) is 23.2 Å². The van der Waals surface area contributed by atoms with E-state index in [1.54, 1.807) is 24.4 Å². The van der Waals surface area contributed by atoms with Crippen molar-refractivity contribution in [2.75, 3.05) is 0 Å². The summed E-state index contributed by atoms with van der Waals surface area (Å²) in [6, 6.07) is 10.6. The molecular weight excluding hydrogens is 318 g/mol. The summed E-state index contributed by atoms with van der Waals surface area (Å²) >= 11 is 0. The normalized spacial score (nSPS) is 11.5. The zero-order valence-corrected chi connectivity index (χ0v) is 14.3. The van der Waals surface area contributed by atoms with Crippen LogP contribution in [0, 0.1) is 0 Å². The summed E-state index contributed by atoms with van der Waals surface area (Å²) in [6.45, 7) is 6.10. The van der Waals surface area contributed by atoms with Gasteiger partial charge in [0.25, 0.3) is 0 Å². The molecular formula is C19H19N3O3. The van der Waals surface area contributed by atoms with E-state index in [1.165, 1.54) is 6.07 Å². The zero-order chi connectivity index (χ0) is 18.2. The minimum absolute atomic E-state index is 0.209. The molecule has 2 heterocycles. The maximum absolute atomic E-state index is 11.6. The van der Waals surface area contributed by atoms with Crippen LogP contribution in [0.3, 0.4) is 0 Å². The van der Waals surface area contributed by atoms with Gasteiger partial charge in [0.05, 0.1) is 0 Å². The minimum Gasteiger partial charge on any atom is -0.410 e. The number of aromatic amines is 1. The Morgan fingerprint density at radius 3 is 2.56 bits per heavy atom. The fourth-order valence-electron chi connectivity index (χ4n) is 3.02. The van der Waals surface area contributed by atoms with Gasteiger partial charge in [-0.3, -0.25) is 4.79 Å². The van der Waals surface area contributed by atoms with E-state index in [4.69, 9.17) is 10.5 Å². The summed E-state index contributed by atoms with van der Waals surface area (Å²) in [4.78, 5) is 29.8. The topological polar surface area (TPSA) is 98.1 Å². The van der Waals surface area contributed by atoms with Gasteiger partial charge in [-0.25, -0.2) is 9.78 Å². The third-order valence-electron chi connectivity index (χ3n) is 3.91. The molecule has 0 saturated carbocycles. The number of nitrogens with zero attached hydrogens (tertiary/aromatic N) is 1. The van der Waals surface area contributed by atoms with Crippen LogP contribution in [0.5, 0.6) is 5.75 Å². The Labute approximate surface area is 144 Å². The van der Waals surface area contributed by atoms with Gasteiger partial charge in [-0.2, -0.15) is 0 Å². The summed E-state index contributed by atoms with van der Waals surface area (Å²) < 4.78 is 5.23. The lowest BCUT2D eigenvalue weighted by atomic mass is 9.80. The average Bonchev–Trinajstić information content (AvgIpc) is 2.52. The number of benzene rings is 1. The Kier molecular flexibility index (Phi) is 4.04. The third kappa shape index (κ3) is 3.24. The molecule has 6 nitrogen and oxygen atoms in total. The lowest BCUT2D eigenvalue weighted by Crippen LogP contribution is -2.21. The van der Waals surface area contributed by atoms with Crippen molar-refractivity contribution in [2.24, 2.45) is 5.73 Å². The first-order chi connectivity index (χ1) is 11.8. The number of aromatic nitrogens is 2. The molecule has 0 unspecified atom stereocenters. The van der Waals surface area contributed by atoms with Gasteiger partial charge in [0.1, 0.15) is 11.4 Å². The van der Waals surface area contributed by atoms with E-state index in [-0.39, 0.29) is 11.0 Å². The van der Waals surface area contributed by atoms with Crippen LogP contribution in [-0.2, 0) is 5.41 Å². The molecule has 0 radical (unpaired) electrons. The van der Waals surface area contributed by atoms with E-state index in [2.05, 4.69) is 9.97 Å². The molecule has 0 bridgehead atoms. The number of hydrogen-bond donors (Lipinski definition) is 2. The zero-order valence-electron chi connectivity index (χ0n) is 14.3. The molecule has 6 heteroatoms. The quantitative estimate of drug-likeness (QED) is 0.749. The number of hydrogen-bond acceptors (Lipinski definition) is 4. The second-order valence-corrected chi connectivity index (χ2v) is 6.79. The monoisotopic (exact) mass is 337 g/mol. The summed E-state index contributed by atoms with van der Waals surface area (Å²) in [5, 5.41) is 0.809. The number of ether oxygens (including phenoxy) is 1. The van der Waals surface area contributed by atoms with Crippen LogP contribution in [0.4, 0.5) is 4.79 Å². The van der Waals surface area contributed by atoms with Crippen LogP contribution in [0.25, 0.3) is 22.2 Å². The highest BCUT2D eigenvalue weighted by Gasteiger charge is 2.25. The maximum atomic E-state index is 11.6. The van der Waals surface area contributed by atoms with Crippen LogP contribution < -0.4 is 16.0 Å². The molecule has 3 N–H and O–H groups in total. The molecule has 0 aliphatic rings. The van der Waals surface area contributed by atoms with Crippen molar-refractivity contribution in [1.82, 2.24) is 9.97 Å². The summed E-state index contributed by atoms with van der Waals surface area (Å²) in [7, 11) is 0. The van der Waals surface area contributed by atoms with Crippen LogP contribution in [0.2, 0.25) is 0 Å². The van der Waals surface area contributed by atoms with Crippen molar-refractivity contribution in [2.45, 2.75) is 26.2 Å². The molecule has 0 fully saturated rings. The molecule has 0 aliphatic heterocycles. The Hall–Kier alpha value is -3.15. The van der Waals surface area contributed by atoms with Crippen molar-refractivity contribution in [1.29, 1.82) is 0 Å². The molecule has 1 amide bonds. The molecule has 0 saturated heterocycles. The molecule has 0 aliphatic carbocycles. The first-order valence-electron chi connectivity index (χ1n) is 7.86. The maximum Gasteiger partial charge on any atom is 0.409 e. The second-order valence-electron chi connectivity index (χ2n) is 6.79. The number of nitrogens with two attached hydrogens (primary N) is 1. The van der Waals surface area contributed by atoms with E-state index in [9.17, 15) is 9.59 Å².